The largest absolute Gasteiger partial charge is 0.444 e. The van der Waals surface area contributed by atoms with Gasteiger partial charge in [-0.05, 0) is 69.7 Å². The molecule has 1 amide bonds. The van der Waals surface area contributed by atoms with Crippen LogP contribution in [0.4, 0.5) is 4.79 Å². The Hall–Kier alpha value is -3.03. The lowest BCUT2D eigenvalue weighted by Gasteiger charge is -2.33. The zero-order valence-electron chi connectivity index (χ0n) is 19.7. The van der Waals surface area contributed by atoms with Crippen LogP contribution in [0.15, 0.2) is 47.7 Å². The summed E-state index contributed by atoms with van der Waals surface area (Å²) in [5.74, 6) is 1.33. The summed E-state index contributed by atoms with van der Waals surface area (Å²) < 4.78 is 7.32. The minimum atomic E-state index is -0.449. The molecule has 0 aliphatic carbocycles. The van der Waals surface area contributed by atoms with Gasteiger partial charge in [-0.2, -0.15) is 5.10 Å². The monoisotopic (exact) mass is 440 g/mol. The van der Waals surface area contributed by atoms with Crippen LogP contribution in [-0.4, -0.2) is 65.6 Å². The predicted octanol–water partition coefficient (Wildman–Crippen LogP) is 3.23. The van der Waals surface area contributed by atoms with Crippen molar-refractivity contribution in [3.63, 3.8) is 0 Å². The first-order valence-electron chi connectivity index (χ1n) is 11.4. The molecule has 8 heteroatoms. The molecule has 0 atom stereocenters. The normalized spacial score (nSPS) is 15.5. The van der Waals surface area contributed by atoms with Gasteiger partial charge < -0.3 is 20.3 Å². The summed E-state index contributed by atoms with van der Waals surface area (Å²) in [4.78, 5) is 18.3. The number of guanidine groups is 1. The number of nitrogens with zero attached hydrogens (tertiary/aromatic N) is 4. The van der Waals surface area contributed by atoms with E-state index < -0.39 is 5.60 Å². The molecule has 32 heavy (non-hydrogen) atoms. The lowest BCUT2D eigenvalue weighted by Crippen LogP contribution is -2.45. The minimum Gasteiger partial charge on any atom is -0.444 e. The lowest BCUT2D eigenvalue weighted by atomic mass is 9.97. The van der Waals surface area contributed by atoms with Gasteiger partial charge in [-0.3, -0.25) is 4.99 Å². The van der Waals surface area contributed by atoms with E-state index in [0.29, 0.717) is 5.92 Å². The zero-order valence-corrected chi connectivity index (χ0v) is 19.7. The standard InChI is InChI=1S/C24H36N6O2/c1-24(2,3)32-23(31)29-16-11-20(12-17-29)18-27-22(25-4)26-14-10-19-6-8-21(9-7-19)30-15-5-13-28-30/h5-9,13,15,20H,10-12,14,16-18H2,1-4H3,(H2,25,26,27). The van der Waals surface area contributed by atoms with Crippen molar-refractivity contribution in [2.45, 2.75) is 45.6 Å². The van der Waals surface area contributed by atoms with Crippen LogP contribution in [0.1, 0.15) is 39.2 Å². The van der Waals surface area contributed by atoms with Crippen LogP contribution >= 0.6 is 0 Å². The fourth-order valence-electron chi connectivity index (χ4n) is 3.67. The van der Waals surface area contributed by atoms with Crippen LogP contribution in [0.2, 0.25) is 0 Å². The predicted molar refractivity (Wildman–Crippen MR) is 127 cm³/mol. The molecule has 1 aliphatic heterocycles. The zero-order chi connectivity index (χ0) is 23.0. The number of amides is 1. The van der Waals surface area contributed by atoms with Gasteiger partial charge in [0.1, 0.15) is 5.60 Å². The average molecular weight is 441 g/mol. The number of rotatable bonds is 6. The highest BCUT2D eigenvalue weighted by Crippen LogP contribution is 2.19. The van der Waals surface area contributed by atoms with Crippen molar-refractivity contribution in [2.75, 3.05) is 33.2 Å². The highest BCUT2D eigenvalue weighted by atomic mass is 16.6. The van der Waals surface area contributed by atoms with Crippen molar-refractivity contribution >= 4 is 12.1 Å². The summed E-state index contributed by atoms with van der Waals surface area (Å²) in [6.07, 6.45) is 6.35. The van der Waals surface area contributed by atoms with E-state index >= 15 is 0 Å². The first-order valence-corrected chi connectivity index (χ1v) is 11.4. The number of piperidine rings is 1. The molecule has 0 bridgehead atoms. The highest BCUT2D eigenvalue weighted by Gasteiger charge is 2.26. The smallest absolute Gasteiger partial charge is 0.410 e. The summed E-state index contributed by atoms with van der Waals surface area (Å²) in [7, 11) is 1.79. The molecule has 1 saturated heterocycles. The minimum absolute atomic E-state index is 0.209. The first kappa shape index (κ1) is 23.6. The van der Waals surface area contributed by atoms with Crippen molar-refractivity contribution < 1.29 is 9.53 Å². The second kappa shape index (κ2) is 11.0. The molecule has 2 N–H and O–H groups in total. The van der Waals surface area contributed by atoms with E-state index in [4.69, 9.17) is 4.74 Å². The van der Waals surface area contributed by atoms with E-state index in [0.717, 1.165) is 57.1 Å². The third-order valence-corrected chi connectivity index (χ3v) is 5.46. The molecule has 8 nitrogen and oxygen atoms in total. The molecule has 2 aromatic rings. The second-order valence-electron chi connectivity index (χ2n) is 9.16. The van der Waals surface area contributed by atoms with Gasteiger partial charge in [0.15, 0.2) is 5.96 Å². The van der Waals surface area contributed by atoms with Gasteiger partial charge in [-0.15, -0.1) is 0 Å². The van der Waals surface area contributed by atoms with E-state index in [2.05, 4.69) is 45.0 Å². The molecule has 1 aromatic carbocycles. The third-order valence-electron chi connectivity index (χ3n) is 5.46. The quantitative estimate of drug-likeness (QED) is 0.532. The van der Waals surface area contributed by atoms with Gasteiger partial charge >= 0.3 is 6.09 Å². The molecule has 1 aromatic heterocycles. The molecular formula is C24H36N6O2. The number of likely N-dealkylation sites (tertiary alicyclic amines) is 1. The van der Waals surface area contributed by atoms with Crippen LogP contribution in [0.3, 0.4) is 0 Å². The number of carbonyl (C=O) groups is 1. The van der Waals surface area contributed by atoms with E-state index in [-0.39, 0.29) is 6.09 Å². The molecule has 0 radical (unpaired) electrons. The summed E-state index contributed by atoms with van der Waals surface area (Å²) in [6.45, 7) is 8.82. The number of aromatic nitrogens is 2. The van der Waals surface area contributed by atoms with Gasteiger partial charge in [0, 0.05) is 45.6 Å². The van der Waals surface area contributed by atoms with Crippen LogP contribution < -0.4 is 10.6 Å². The summed E-state index contributed by atoms with van der Waals surface area (Å²) >= 11 is 0. The maximum atomic E-state index is 12.2. The van der Waals surface area contributed by atoms with Crippen molar-refractivity contribution in [1.29, 1.82) is 0 Å². The number of carbonyl (C=O) groups excluding carboxylic acids is 1. The Morgan fingerprint density at radius 2 is 1.91 bits per heavy atom. The maximum absolute atomic E-state index is 12.2. The summed E-state index contributed by atoms with van der Waals surface area (Å²) in [6, 6.07) is 10.3. The summed E-state index contributed by atoms with van der Waals surface area (Å²) in [5.41, 5.74) is 1.87. The van der Waals surface area contributed by atoms with E-state index in [1.807, 2.05) is 42.6 Å². The van der Waals surface area contributed by atoms with Crippen LogP contribution in [0, 0.1) is 5.92 Å². The number of hydrogen-bond donors (Lipinski definition) is 2. The molecule has 1 aliphatic rings. The Morgan fingerprint density at radius 1 is 1.19 bits per heavy atom. The molecule has 0 spiro atoms. The maximum Gasteiger partial charge on any atom is 0.410 e. The number of aliphatic imine (C=N–C) groups is 1. The molecular weight excluding hydrogens is 404 g/mol. The van der Waals surface area contributed by atoms with Gasteiger partial charge in [0.05, 0.1) is 5.69 Å². The van der Waals surface area contributed by atoms with Crippen LogP contribution in [0.5, 0.6) is 0 Å². The van der Waals surface area contributed by atoms with Crippen molar-refractivity contribution in [3.05, 3.63) is 48.3 Å². The molecule has 1 fully saturated rings. The average Bonchev–Trinajstić information content (AvgIpc) is 3.31. The Labute approximate surface area is 191 Å². The Morgan fingerprint density at radius 3 is 2.50 bits per heavy atom. The lowest BCUT2D eigenvalue weighted by molar-refractivity contribution is 0.0185. The van der Waals surface area contributed by atoms with Gasteiger partial charge in [0.2, 0.25) is 0 Å². The number of nitrogens with one attached hydrogen (secondary N) is 2. The third kappa shape index (κ3) is 7.28. The molecule has 2 heterocycles. The van der Waals surface area contributed by atoms with Gasteiger partial charge in [-0.1, -0.05) is 12.1 Å². The number of hydrogen-bond acceptors (Lipinski definition) is 4. The topological polar surface area (TPSA) is 83.8 Å². The number of benzene rings is 1. The number of ether oxygens (including phenoxy) is 1. The Kier molecular flexibility index (Phi) is 8.14. The van der Waals surface area contributed by atoms with Gasteiger partial charge in [-0.25, -0.2) is 9.48 Å². The van der Waals surface area contributed by atoms with Gasteiger partial charge in [0.25, 0.3) is 0 Å². The van der Waals surface area contributed by atoms with E-state index in [1.165, 1.54) is 5.56 Å². The van der Waals surface area contributed by atoms with Crippen LogP contribution in [0.25, 0.3) is 5.69 Å². The fraction of sp³-hybridized carbons (Fsp3) is 0.542. The van der Waals surface area contributed by atoms with E-state index in [1.54, 1.807) is 13.2 Å². The SMILES string of the molecule is CN=C(NCCc1ccc(-n2cccn2)cc1)NCC1CCN(C(=O)OC(C)(C)C)CC1. The fourth-order valence-corrected chi connectivity index (χ4v) is 3.67. The highest BCUT2D eigenvalue weighted by molar-refractivity contribution is 5.79. The molecule has 0 saturated carbocycles. The summed E-state index contributed by atoms with van der Waals surface area (Å²) in [5, 5.41) is 11.1. The molecule has 0 unspecified atom stereocenters. The second-order valence-corrected chi connectivity index (χ2v) is 9.16. The molecule has 3 rings (SSSR count). The van der Waals surface area contributed by atoms with Crippen molar-refractivity contribution in [3.8, 4) is 5.69 Å². The van der Waals surface area contributed by atoms with Crippen molar-refractivity contribution in [2.24, 2.45) is 10.9 Å². The van der Waals surface area contributed by atoms with Crippen molar-refractivity contribution in [1.82, 2.24) is 25.3 Å². The Balaban J connectivity index is 1.34. The van der Waals surface area contributed by atoms with Crippen LogP contribution in [-0.2, 0) is 11.2 Å². The Bertz CT molecular complexity index is 863. The first-order chi connectivity index (χ1) is 15.3. The molecule has 174 valence electrons. The van der Waals surface area contributed by atoms with E-state index in [9.17, 15) is 4.79 Å².